The molecule has 0 aliphatic carbocycles. The van der Waals surface area contributed by atoms with Crippen molar-refractivity contribution in [2.75, 3.05) is 0 Å². The molecule has 2 atom stereocenters. The fourth-order valence-corrected chi connectivity index (χ4v) is 3.44. The Morgan fingerprint density at radius 2 is 1.64 bits per heavy atom. The molecule has 0 spiro atoms. The maximum absolute atomic E-state index is 12.4. The summed E-state index contributed by atoms with van der Waals surface area (Å²) in [5, 5.41) is 34.3. The monoisotopic (exact) mass is 449 g/mol. The Kier molecular flexibility index (Phi) is 9.65. The summed E-state index contributed by atoms with van der Waals surface area (Å²) >= 11 is 0. The average molecular weight is 449 g/mol. The minimum absolute atomic E-state index is 0.174. The summed E-state index contributed by atoms with van der Waals surface area (Å²) < 4.78 is 0. The summed E-state index contributed by atoms with van der Waals surface area (Å²) in [7, 11) is -1.67. The van der Waals surface area contributed by atoms with Crippen LogP contribution in [0.5, 0.6) is 0 Å². The van der Waals surface area contributed by atoms with Crippen molar-refractivity contribution in [2.45, 2.75) is 57.9 Å². The lowest BCUT2D eigenvalue weighted by Gasteiger charge is -2.22. The normalized spacial score (nSPS) is 12.8. The molecule has 0 radical (unpaired) electrons. The van der Waals surface area contributed by atoms with Gasteiger partial charge in [0, 0.05) is 12.0 Å². The molecule has 2 aromatic carbocycles. The third-order valence-electron chi connectivity index (χ3n) is 5.05. The van der Waals surface area contributed by atoms with E-state index < -0.39 is 24.5 Å². The third kappa shape index (κ3) is 9.48. The van der Waals surface area contributed by atoms with E-state index in [-0.39, 0.29) is 24.7 Å². The van der Waals surface area contributed by atoms with E-state index in [0.717, 1.165) is 16.7 Å². The zero-order chi connectivity index (χ0) is 24.4. The van der Waals surface area contributed by atoms with Crippen LogP contribution in [0.25, 0.3) is 0 Å². The van der Waals surface area contributed by atoms with Gasteiger partial charge in [0.25, 0.3) is 0 Å². The van der Waals surface area contributed by atoms with Crippen LogP contribution in [0.2, 0.25) is 0 Å². The van der Waals surface area contributed by atoms with Gasteiger partial charge in [-0.3, -0.25) is 9.59 Å². The molecular weight excluding hydrogens is 417 g/mol. The van der Waals surface area contributed by atoms with Crippen LogP contribution in [0.15, 0.2) is 54.6 Å². The van der Waals surface area contributed by atoms with Gasteiger partial charge in [-0.25, -0.2) is 0 Å². The maximum atomic E-state index is 12.4. The zero-order valence-corrected chi connectivity index (χ0v) is 19.4. The van der Waals surface area contributed by atoms with Crippen LogP contribution in [0.1, 0.15) is 43.9 Å². The van der Waals surface area contributed by atoms with Crippen molar-refractivity contribution in [1.29, 1.82) is 5.26 Å². The number of carbonyl (C=O) groups is 2. The van der Waals surface area contributed by atoms with E-state index in [1.165, 1.54) is 0 Å². The van der Waals surface area contributed by atoms with Crippen LogP contribution in [0.3, 0.4) is 0 Å². The number of hydrogen-bond donors (Lipinski definition) is 4. The number of hydrogen-bond acceptors (Lipinski definition) is 5. The number of amides is 2. The minimum atomic E-state index is -1.67. The van der Waals surface area contributed by atoms with E-state index in [1.54, 1.807) is 0 Å². The first kappa shape index (κ1) is 26.1. The predicted octanol–water partition coefficient (Wildman–Crippen LogP) is 1.96. The number of aryl methyl sites for hydroxylation is 1. The molecule has 0 aromatic heterocycles. The molecule has 0 fully saturated rings. The second-order valence-electron chi connectivity index (χ2n) is 9.22. The average Bonchev–Trinajstić information content (AvgIpc) is 2.75. The minimum Gasteiger partial charge on any atom is -0.426 e. The fourth-order valence-electron chi connectivity index (χ4n) is 3.44. The van der Waals surface area contributed by atoms with Crippen LogP contribution < -0.4 is 10.6 Å². The van der Waals surface area contributed by atoms with Gasteiger partial charge in [0.15, 0.2) is 0 Å². The Balaban J connectivity index is 1.93. The van der Waals surface area contributed by atoms with Crippen LogP contribution in [0.4, 0.5) is 0 Å². The Morgan fingerprint density at radius 1 is 1.00 bits per heavy atom. The van der Waals surface area contributed by atoms with Gasteiger partial charge < -0.3 is 20.7 Å². The highest BCUT2D eigenvalue weighted by Crippen LogP contribution is 2.14. The molecule has 174 valence electrons. The molecule has 0 aliphatic rings. The first-order chi connectivity index (χ1) is 15.6. The van der Waals surface area contributed by atoms with Gasteiger partial charge in [-0.05, 0) is 56.7 Å². The molecule has 0 saturated heterocycles. The number of benzene rings is 2. The van der Waals surface area contributed by atoms with Gasteiger partial charge in [-0.2, -0.15) is 5.26 Å². The summed E-state index contributed by atoms with van der Waals surface area (Å²) in [6, 6.07) is 18.9. The van der Waals surface area contributed by atoms with Crippen LogP contribution in [-0.4, -0.2) is 40.5 Å². The smallest absolute Gasteiger partial charge is 0.426 e. The molecule has 0 heterocycles. The standard InChI is InChI=1S/C25H32BN3O4/c1-25(2,3)29-24(31)21(17-27)15-20-11-7-10-19(14-20)12-13-23(30)28-22(26(32)33)16-18-8-5-4-6-9-18/h4-11,14,21-22,32-33H,12-13,15-16H2,1-3H3,(H,28,30)(H,29,31). The van der Waals surface area contributed by atoms with E-state index in [2.05, 4.69) is 16.7 Å². The number of rotatable bonds is 10. The topological polar surface area (TPSA) is 122 Å². The predicted molar refractivity (Wildman–Crippen MR) is 128 cm³/mol. The van der Waals surface area contributed by atoms with E-state index in [9.17, 15) is 24.9 Å². The van der Waals surface area contributed by atoms with Crippen molar-refractivity contribution in [3.63, 3.8) is 0 Å². The van der Waals surface area contributed by atoms with Crippen LogP contribution >= 0.6 is 0 Å². The Hall–Kier alpha value is -3.15. The van der Waals surface area contributed by atoms with Gasteiger partial charge >= 0.3 is 7.12 Å². The molecule has 0 bridgehead atoms. The lowest BCUT2D eigenvalue weighted by molar-refractivity contribution is -0.125. The summed E-state index contributed by atoms with van der Waals surface area (Å²) in [5.41, 5.74) is 2.23. The zero-order valence-electron chi connectivity index (χ0n) is 19.4. The van der Waals surface area contributed by atoms with Gasteiger partial charge in [0.05, 0.1) is 12.0 Å². The van der Waals surface area contributed by atoms with Crippen molar-refractivity contribution in [2.24, 2.45) is 5.92 Å². The number of nitrogens with one attached hydrogen (secondary N) is 2. The van der Waals surface area contributed by atoms with Crippen molar-refractivity contribution >= 4 is 18.9 Å². The van der Waals surface area contributed by atoms with Crippen molar-refractivity contribution in [1.82, 2.24) is 10.6 Å². The third-order valence-corrected chi connectivity index (χ3v) is 5.05. The molecule has 0 saturated carbocycles. The molecule has 0 aliphatic heterocycles. The van der Waals surface area contributed by atoms with Crippen molar-refractivity contribution in [3.05, 3.63) is 71.3 Å². The molecule has 4 N–H and O–H groups in total. The first-order valence-corrected chi connectivity index (χ1v) is 11.1. The molecular formula is C25H32BN3O4. The summed E-state index contributed by atoms with van der Waals surface area (Å²) in [5.74, 6) is -2.19. The van der Waals surface area contributed by atoms with Crippen molar-refractivity contribution in [3.8, 4) is 6.07 Å². The van der Waals surface area contributed by atoms with E-state index in [0.29, 0.717) is 12.8 Å². The Morgan fingerprint density at radius 3 is 2.24 bits per heavy atom. The van der Waals surface area contributed by atoms with Crippen LogP contribution in [-0.2, 0) is 28.9 Å². The summed E-state index contributed by atoms with van der Waals surface area (Å²) in [6.07, 6.45) is 1.22. The SMILES string of the molecule is CC(C)(C)NC(=O)C(C#N)Cc1cccc(CCC(=O)NC(Cc2ccccc2)B(O)O)c1. The maximum Gasteiger partial charge on any atom is 0.475 e. The molecule has 33 heavy (non-hydrogen) atoms. The molecule has 7 nitrogen and oxygen atoms in total. The second-order valence-corrected chi connectivity index (χ2v) is 9.22. The van der Waals surface area contributed by atoms with Crippen molar-refractivity contribution < 1.29 is 19.6 Å². The molecule has 2 aromatic rings. The fraction of sp³-hybridized carbons (Fsp3) is 0.400. The molecule has 2 unspecified atom stereocenters. The van der Waals surface area contributed by atoms with E-state index in [4.69, 9.17) is 0 Å². The number of carbonyl (C=O) groups excluding carboxylic acids is 2. The quantitative estimate of drug-likeness (QED) is 0.413. The number of nitriles is 1. The van der Waals surface area contributed by atoms with Crippen LogP contribution in [0, 0.1) is 17.2 Å². The lowest BCUT2D eigenvalue weighted by Crippen LogP contribution is -2.47. The van der Waals surface area contributed by atoms with E-state index in [1.807, 2.05) is 75.4 Å². The molecule has 2 rings (SSSR count). The molecule has 2 amide bonds. The van der Waals surface area contributed by atoms with Gasteiger partial charge in [-0.15, -0.1) is 0 Å². The van der Waals surface area contributed by atoms with Gasteiger partial charge in [0.1, 0.15) is 5.92 Å². The largest absolute Gasteiger partial charge is 0.475 e. The Bertz CT molecular complexity index is 968. The second kappa shape index (κ2) is 12.2. The summed E-state index contributed by atoms with van der Waals surface area (Å²) in [4.78, 5) is 24.8. The number of nitrogens with zero attached hydrogens (tertiary/aromatic N) is 1. The van der Waals surface area contributed by atoms with Gasteiger partial charge in [-0.1, -0.05) is 54.6 Å². The van der Waals surface area contributed by atoms with Gasteiger partial charge in [0.2, 0.25) is 11.8 Å². The molecule has 8 heteroatoms. The highest BCUT2D eigenvalue weighted by molar-refractivity contribution is 6.43. The first-order valence-electron chi connectivity index (χ1n) is 11.1. The van der Waals surface area contributed by atoms with E-state index >= 15 is 0 Å². The lowest BCUT2D eigenvalue weighted by atomic mass is 9.76. The summed E-state index contributed by atoms with van der Waals surface area (Å²) in [6.45, 7) is 5.60. The highest BCUT2D eigenvalue weighted by atomic mass is 16.4. The highest BCUT2D eigenvalue weighted by Gasteiger charge is 2.26. The Labute approximate surface area is 196 Å².